The summed E-state index contributed by atoms with van der Waals surface area (Å²) in [6, 6.07) is 3.54. The molecule has 1 aliphatic heterocycles. The summed E-state index contributed by atoms with van der Waals surface area (Å²) in [5.74, 6) is 1.70. The van der Waals surface area contributed by atoms with Gasteiger partial charge >= 0.3 is 7.60 Å². The molecule has 0 aromatic heterocycles. The molecule has 0 unspecified atom stereocenters. The highest BCUT2D eigenvalue weighted by Gasteiger charge is 2.27. The van der Waals surface area contributed by atoms with Gasteiger partial charge in [0.2, 0.25) is 12.5 Å². The average molecular weight is 302 g/mol. The van der Waals surface area contributed by atoms with Crippen LogP contribution in [0, 0.1) is 0 Å². The summed E-state index contributed by atoms with van der Waals surface area (Å²) in [5.41, 5.74) is 0.760. The van der Waals surface area contributed by atoms with Crippen LogP contribution in [0.15, 0.2) is 12.1 Å². The van der Waals surface area contributed by atoms with Crippen LogP contribution in [0.3, 0.4) is 0 Å². The van der Waals surface area contributed by atoms with Crippen LogP contribution in [0.25, 0.3) is 0 Å². The fourth-order valence-electron chi connectivity index (χ4n) is 2.02. The maximum absolute atomic E-state index is 12.5. The third-order valence-corrected chi connectivity index (χ3v) is 4.80. The van der Waals surface area contributed by atoms with Crippen LogP contribution in [0.1, 0.15) is 19.4 Å². The van der Waals surface area contributed by atoms with E-state index >= 15 is 0 Å². The first-order valence-electron chi connectivity index (χ1n) is 6.46. The monoisotopic (exact) mass is 302 g/mol. The molecule has 112 valence electrons. The summed E-state index contributed by atoms with van der Waals surface area (Å²) in [7, 11) is -1.60. The van der Waals surface area contributed by atoms with Gasteiger partial charge in [0.15, 0.2) is 11.5 Å². The number of benzene rings is 1. The van der Waals surface area contributed by atoms with Gasteiger partial charge in [-0.15, -0.1) is 0 Å². The van der Waals surface area contributed by atoms with Crippen LogP contribution < -0.4 is 14.2 Å². The first kappa shape index (κ1) is 15.2. The van der Waals surface area contributed by atoms with E-state index in [0.717, 1.165) is 5.56 Å². The average Bonchev–Trinajstić information content (AvgIpc) is 2.86. The fraction of sp³-hybridized carbons (Fsp3) is 0.538. The van der Waals surface area contributed by atoms with Crippen LogP contribution >= 0.6 is 7.60 Å². The van der Waals surface area contributed by atoms with Crippen molar-refractivity contribution in [3.8, 4) is 17.2 Å². The summed E-state index contributed by atoms with van der Waals surface area (Å²) in [6.45, 7) is 4.39. The summed E-state index contributed by atoms with van der Waals surface area (Å²) in [6.07, 6.45) is 0.168. The van der Waals surface area contributed by atoms with Crippen molar-refractivity contribution in [2.24, 2.45) is 0 Å². The van der Waals surface area contributed by atoms with E-state index in [-0.39, 0.29) is 13.0 Å². The molecule has 20 heavy (non-hydrogen) atoms. The van der Waals surface area contributed by atoms with Crippen LogP contribution in [-0.4, -0.2) is 27.1 Å². The minimum absolute atomic E-state index is 0.156. The molecule has 6 nitrogen and oxygen atoms in total. The van der Waals surface area contributed by atoms with Crippen molar-refractivity contribution in [2.75, 3.05) is 27.1 Å². The Balaban J connectivity index is 2.26. The molecule has 0 N–H and O–H groups in total. The van der Waals surface area contributed by atoms with E-state index in [4.69, 9.17) is 23.3 Å². The highest BCUT2D eigenvalue weighted by atomic mass is 31.2. The van der Waals surface area contributed by atoms with E-state index in [9.17, 15) is 4.57 Å². The van der Waals surface area contributed by atoms with Gasteiger partial charge in [-0.1, -0.05) is 0 Å². The molecule has 0 atom stereocenters. The van der Waals surface area contributed by atoms with Crippen molar-refractivity contribution in [3.63, 3.8) is 0 Å². The van der Waals surface area contributed by atoms with E-state index in [1.54, 1.807) is 33.1 Å². The lowest BCUT2D eigenvalue weighted by Gasteiger charge is -2.17. The van der Waals surface area contributed by atoms with Crippen molar-refractivity contribution in [1.29, 1.82) is 0 Å². The molecule has 1 heterocycles. The van der Waals surface area contributed by atoms with Gasteiger partial charge in [0.1, 0.15) is 0 Å². The Morgan fingerprint density at radius 3 is 2.50 bits per heavy atom. The van der Waals surface area contributed by atoms with Crippen molar-refractivity contribution in [1.82, 2.24) is 0 Å². The fourth-order valence-corrected chi connectivity index (χ4v) is 3.69. The maximum atomic E-state index is 12.5. The summed E-state index contributed by atoms with van der Waals surface area (Å²) >= 11 is 0. The third kappa shape index (κ3) is 3.26. The van der Waals surface area contributed by atoms with Gasteiger partial charge in [0.25, 0.3) is 0 Å². The molecular formula is C13H19O6P. The van der Waals surface area contributed by atoms with Crippen LogP contribution in [0.5, 0.6) is 17.2 Å². The van der Waals surface area contributed by atoms with Gasteiger partial charge < -0.3 is 23.3 Å². The zero-order valence-corrected chi connectivity index (χ0v) is 12.8. The molecule has 7 heteroatoms. The number of rotatable bonds is 7. The number of hydrogen-bond acceptors (Lipinski definition) is 6. The lowest BCUT2D eigenvalue weighted by Crippen LogP contribution is -1.99. The molecule has 1 aliphatic rings. The second-order valence-electron chi connectivity index (χ2n) is 4.14. The van der Waals surface area contributed by atoms with E-state index in [1.165, 1.54) is 0 Å². The molecule has 1 aromatic rings. The Morgan fingerprint density at radius 2 is 1.90 bits per heavy atom. The predicted molar refractivity (Wildman–Crippen MR) is 73.7 cm³/mol. The van der Waals surface area contributed by atoms with E-state index < -0.39 is 7.60 Å². The highest BCUT2D eigenvalue weighted by molar-refractivity contribution is 7.53. The SMILES string of the molecule is CCOP(=O)(Cc1cc(OC)c2c(c1)OCO2)OCC. The van der Waals surface area contributed by atoms with Crippen molar-refractivity contribution in [2.45, 2.75) is 20.0 Å². The van der Waals surface area contributed by atoms with Crippen LogP contribution in [-0.2, 0) is 19.8 Å². The summed E-state index contributed by atoms with van der Waals surface area (Å²) in [4.78, 5) is 0. The zero-order chi connectivity index (χ0) is 14.6. The Morgan fingerprint density at radius 1 is 1.20 bits per heavy atom. The Labute approximate surface area is 118 Å². The van der Waals surface area contributed by atoms with E-state index in [1.807, 2.05) is 0 Å². The second kappa shape index (κ2) is 6.48. The molecule has 0 bridgehead atoms. The van der Waals surface area contributed by atoms with Crippen molar-refractivity contribution in [3.05, 3.63) is 17.7 Å². The largest absolute Gasteiger partial charge is 0.493 e. The Bertz CT molecular complexity index is 506. The quantitative estimate of drug-likeness (QED) is 0.721. The van der Waals surface area contributed by atoms with Crippen LogP contribution in [0.4, 0.5) is 0 Å². The molecule has 0 amide bonds. The number of ether oxygens (including phenoxy) is 3. The minimum atomic E-state index is -3.15. The first-order valence-corrected chi connectivity index (χ1v) is 8.19. The van der Waals surface area contributed by atoms with Crippen molar-refractivity contribution >= 4 is 7.60 Å². The molecule has 0 saturated heterocycles. The lowest BCUT2D eigenvalue weighted by molar-refractivity contribution is 0.171. The van der Waals surface area contributed by atoms with Gasteiger partial charge in [-0.2, -0.15) is 0 Å². The topological polar surface area (TPSA) is 63.2 Å². The van der Waals surface area contributed by atoms with Gasteiger partial charge in [-0.05, 0) is 31.5 Å². The molecular weight excluding hydrogens is 283 g/mol. The molecule has 1 aromatic carbocycles. The van der Waals surface area contributed by atoms with E-state index in [2.05, 4.69) is 0 Å². The molecule has 0 aliphatic carbocycles. The van der Waals surface area contributed by atoms with Gasteiger partial charge in [0, 0.05) is 0 Å². The standard InChI is InChI=1S/C13H19O6P/c1-4-18-20(14,19-5-2)8-10-6-11(15-3)13-12(7-10)16-9-17-13/h6-7H,4-5,8-9H2,1-3H3. The smallest absolute Gasteiger partial charge is 0.335 e. The molecule has 0 saturated carbocycles. The summed E-state index contributed by atoms with van der Waals surface area (Å²) < 4.78 is 39.0. The highest BCUT2D eigenvalue weighted by Crippen LogP contribution is 2.53. The number of fused-ring (bicyclic) bond motifs is 1. The van der Waals surface area contributed by atoms with Crippen LogP contribution in [0.2, 0.25) is 0 Å². The first-order chi connectivity index (χ1) is 9.61. The normalized spacial score (nSPS) is 13.6. The minimum Gasteiger partial charge on any atom is -0.493 e. The molecule has 0 radical (unpaired) electrons. The molecule has 0 spiro atoms. The van der Waals surface area contributed by atoms with E-state index in [0.29, 0.717) is 30.5 Å². The van der Waals surface area contributed by atoms with Gasteiger partial charge in [0.05, 0.1) is 26.5 Å². The lowest BCUT2D eigenvalue weighted by atomic mass is 10.2. The second-order valence-corrected chi connectivity index (χ2v) is 6.19. The number of hydrogen-bond donors (Lipinski definition) is 0. The van der Waals surface area contributed by atoms with Gasteiger partial charge in [-0.3, -0.25) is 4.57 Å². The Kier molecular flexibility index (Phi) is 4.91. The predicted octanol–water partition coefficient (Wildman–Crippen LogP) is 3.19. The Hall–Kier alpha value is -1.23. The van der Waals surface area contributed by atoms with Crippen molar-refractivity contribution < 1.29 is 27.8 Å². The summed E-state index contributed by atoms with van der Waals surface area (Å²) in [5, 5.41) is 0. The third-order valence-electron chi connectivity index (χ3n) is 2.75. The maximum Gasteiger partial charge on any atom is 0.335 e. The molecule has 2 rings (SSSR count). The number of methoxy groups -OCH3 is 1. The molecule has 0 fully saturated rings. The zero-order valence-electron chi connectivity index (χ0n) is 11.9. The van der Waals surface area contributed by atoms with Gasteiger partial charge in [-0.25, -0.2) is 0 Å².